The summed E-state index contributed by atoms with van der Waals surface area (Å²) in [4.78, 5) is 53.1. The molecule has 1 aromatic rings. The number of ether oxygens (including phenoxy) is 1. The van der Waals surface area contributed by atoms with Crippen LogP contribution in [0.15, 0.2) is 24.3 Å². The van der Waals surface area contributed by atoms with E-state index in [9.17, 15) is 24.5 Å². The van der Waals surface area contributed by atoms with Gasteiger partial charge in [0.15, 0.2) is 0 Å². The van der Waals surface area contributed by atoms with E-state index in [1.807, 2.05) is 0 Å². The molecule has 0 aliphatic carbocycles. The number of amides is 1. The molecule has 2 rings (SSSR count). The van der Waals surface area contributed by atoms with Crippen LogP contribution in [0.2, 0.25) is 0 Å². The number of esters is 1. The highest BCUT2D eigenvalue weighted by molar-refractivity contribution is 8.13. The predicted molar refractivity (Wildman–Crippen MR) is 120 cm³/mol. The molecule has 0 bridgehead atoms. The Bertz CT molecular complexity index is 807. The van der Waals surface area contributed by atoms with E-state index in [1.165, 1.54) is 4.90 Å². The van der Waals surface area contributed by atoms with Gasteiger partial charge in [-0.15, -0.1) is 22.5 Å². The normalized spacial score (nSPS) is 17.1. The van der Waals surface area contributed by atoms with Gasteiger partial charge < -0.3 is 20.2 Å². The molecule has 0 spiro atoms. The maximum Gasteiger partial charge on any atom is 0.329 e. The first-order valence-corrected chi connectivity index (χ1v) is 10.9. The first kappa shape index (κ1) is 27.7. The van der Waals surface area contributed by atoms with Gasteiger partial charge in [-0.05, 0) is 30.9 Å². The van der Waals surface area contributed by atoms with Crippen LogP contribution in [0, 0.1) is 16.0 Å². The molecule has 10 nitrogen and oxygen atoms in total. The minimum Gasteiger partial charge on any atom is -0.459 e. The van der Waals surface area contributed by atoms with Crippen molar-refractivity contribution >= 4 is 41.2 Å². The molecule has 0 radical (unpaired) electrons. The second-order valence-corrected chi connectivity index (χ2v) is 8.46. The quantitative estimate of drug-likeness (QED) is 0.297. The van der Waals surface area contributed by atoms with Crippen LogP contribution in [0.4, 0.5) is 0 Å². The van der Waals surface area contributed by atoms with Gasteiger partial charge in [-0.1, -0.05) is 43.0 Å². The van der Waals surface area contributed by atoms with Gasteiger partial charge in [0.2, 0.25) is 11.0 Å². The second-order valence-electron chi connectivity index (χ2n) is 7.43. The standard InChI is InChI=1S/C20H27N3O7S.ClH/c1-13(12-31-20(26)14(2)21)18(24)22-9-3-4-17(22)19(25)29-10-15-5-7-16(8-6-15)11-30-23(27)28;/h5-8,13-14,17H,3-4,9-12,21H2,1-2H3;1H/t13-,14?,17+;/m1./s1. The summed E-state index contributed by atoms with van der Waals surface area (Å²) in [5.74, 6) is -0.767. The van der Waals surface area contributed by atoms with Gasteiger partial charge in [0.05, 0.1) is 6.04 Å². The van der Waals surface area contributed by atoms with Crippen molar-refractivity contribution in [3.05, 3.63) is 45.5 Å². The first-order chi connectivity index (χ1) is 14.7. The molecule has 1 unspecified atom stereocenters. The van der Waals surface area contributed by atoms with Crippen LogP contribution in [0.1, 0.15) is 37.8 Å². The summed E-state index contributed by atoms with van der Waals surface area (Å²) in [6, 6.07) is 5.46. The average Bonchev–Trinajstić information content (AvgIpc) is 3.24. The smallest absolute Gasteiger partial charge is 0.329 e. The third-order valence-corrected chi connectivity index (χ3v) is 6.14. The van der Waals surface area contributed by atoms with Crippen molar-refractivity contribution < 1.29 is 29.0 Å². The Kier molecular flexibility index (Phi) is 11.4. The van der Waals surface area contributed by atoms with Gasteiger partial charge in [-0.2, -0.15) is 0 Å². The molecular formula is C20H28ClN3O7S. The molecule has 0 saturated carbocycles. The van der Waals surface area contributed by atoms with E-state index in [1.54, 1.807) is 38.1 Å². The summed E-state index contributed by atoms with van der Waals surface area (Å²) in [5.41, 5.74) is 6.87. The molecule has 3 atom stereocenters. The minimum atomic E-state index is -0.861. The van der Waals surface area contributed by atoms with E-state index in [-0.39, 0.29) is 36.6 Å². The third-order valence-electron chi connectivity index (χ3n) is 4.82. The number of thioether (sulfide) groups is 1. The second kappa shape index (κ2) is 13.2. The molecule has 1 heterocycles. The monoisotopic (exact) mass is 489 g/mol. The van der Waals surface area contributed by atoms with Crippen molar-refractivity contribution in [3.8, 4) is 0 Å². The SMILES string of the molecule is CC(N)C(=O)SC[C@@H](C)C(=O)N1CCC[C@H]1C(=O)OCc1ccc(CO[N+](=O)[O-])cc1.Cl. The predicted octanol–water partition coefficient (Wildman–Crippen LogP) is 2.09. The van der Waals surface area contributed by atoms with Crippen molar-refractivity contribution in [1.29, 1.82) is 0 Å². The van der Waals surface area contributed by atoms with Crippen molar-refractivity contribution in [3.63, 3.8) is 0 Å². The van der Waals surface area contributed by atoms with Crippen LogP contribution in [-0.2, 0) is 37.2 Å². The minimum absolute atomic E-state index is 0. The summed E-state index contributed by atoms with van der Waals surface area (Å²) in [5, 5.41) is 9.20. The topological polar surface area (TPSA) is 142 Å². The zero-order valence-electron chi connectivity index (χ0n) is 17.9. The Morgan fingerprint density at radius 1 is 1.22 bits per heavy atom. The van der Waals surface area contributed by atoms with Gasteiger partial charge in [-0.25, -0.2) is 4.79 Å². The number of nitrogens with two attached hydrogens (primary N) is 1. The summed E-state index contributed by atoms with van der Waals surface area (Å²) in [6.07, 6.45) is 1.23. The lowest BCUT2D eigenvalue weighted by atomic mass is 10.1. The molecule has 1 aliphatic rings. The van der Waals surface area contributed by atoms with Crippen LogP contribution in [0.3, 0.4) is 0 Å². The highest BCUT2D eigenvalue weighted by Crippen LogP contribution is 2.23. The number of halogens is 1. The summed E-state index contributed by atoms with van der Waals surface area (Å²) in [6.45, 7) is 3.68. The Hall–Kier alpha value is -2.37. The van der Waals surface area contributed by atoms with Crippen molar-refractivity contribution in [2.24, 2.45) is 11.7 Å². The molecule has 1 aromatic carbocycles. The summed E-state index contributed by atoms with van der Waals surface area (Å²) in [7, 11) is 0. The van der Waals surface area contributed by atoms with Crippen LogP contribution in [-0.4, -0.2) is 51.4 Å². The maximum atomic E-state index is 12.8. The number of likely N-dealkylation sites (tertiary alicyclic amines) is 1. The van der Waals surface area contributed by atoms with Gasteiger partial charge in [0, 0.05) is 18.2 Å². The Labute approximate surface area is 196 Å². The fraction of sp³-hybridized carbons (Fsp3) is 0.550. The van der Waals surface area contributed by atoms with Crippen LogP contribution in [0.5, 0.6) is 0 Å². The molecule has 32 heavy (non-hydrogen) atoms. The Balaban J connectivity index is 0.00000512. The molecule has 2 N–H and O–H groups in total. The lowest BCUT2D eigenvalue weighted by molar-refractivity contribution is -0.763. The molecule has 1 aliphatic heterocycles. The van der Waals surface area contributed by atoms with Gasteiger partial charge in [0.25, 0.3) is 5.09 Å². The zero-order chi connectivity index (χ0) is 23.0. The number of nitrogens with zero attached hydrogens (tertiary/aromatic N) is 2. The third kappa shape index (κ3) is 8.29. The summed E-state index contributed by atoms with van der Waals surface area (Å²) >= 11 is 1.03. The van der Waals surface area contributed by atoms with E-state index < -0.39 is 29.1 Å². The average molecular weight is 490 g/mol. The zero-order valence-corrected chi connectivity index (χ0v) is 19.6. The number of carbonyl (C=O) groups is 3. The molecule has 1 fully saturated rings. The molecule has 1 amide bonds. The molecule has 178 valence electrons. The maximum absolute atomic E-state index is 12.8. The van der Waals surface area contributed by atoms with Crippen molar-refractivity contribution in [1.82, 2.24) is 4.90 Å². The van der Waals surface area contributed by atoms with Crippen LogP contribution in [0.25, 0.3) is 0 Å². The van der Waals surface area contributed by atoms with Gasteiger partial charge in [-0.3, -0.25) is 9.59 Å². The van der Waals surface area contributed by atoms with E-state index in [4.69, 9.17) is 10.5 Å². The van der Waals surface area contributed by atoms with Gasteiger partial charge >= 0.3 is 5.97 Å². The van der Waals surface area contributed by atoms with Gasteiger partial charge in [0.1, 0.15) is 19.3 Å². The van der Waals surface area contributed by atoms with E-state index in [2.05, 4.69) is 4.84 Å². The van der Waals surface area contributed by atoms with Crippen molar-refractivity contribution in [2.75, 3.05) is 12.3 Å². The lowest BCUT2D eigenvalue weighted by Crippen LogP contribution is -2.44. The summed E-state index contributed by atoms with van der Waals surface area (Å²) < 4.78 is 5.39. The molecule has 12 heteroatoms. The van der Waals surface area contributed by atoms with Crippen molar-refractivity contribution in [2.45, 2.75) is 52.0 Å². The number of hydrogen-bond donors (Lipinski definition) is 1. The fourth-order valence-corrected chi connectivity index (χ4v) is 3.90. The number of carbonyl (C=O) groups excluding carboxylic acids is 3. The van der Waals surface area contributed by atoms with Crippen LogP contribution >= 0.6 is 24.2 Å². The van der Waals surface area contributed by atoms with Crippen LogP contribution < -0.4 is 5.73 Å². The first-order valence-electron chi connectivity index (χ1n) is 9.93. The molecular weight excluding hydrogens is 462 g/mol. The molecule has 0 aromatic heterocycles. The van der Waals surface area contributed by atoms with E-state index in [0.29, 0.717) is 36.3 Å². The molecule has 1 saturated heterocycles. The fourth-order valence-electron chi connectivity index (χ4n) is 3.08. The number of rotatable bonds is 10. The number of benzene rings is 1. The highest BCUT2D eigenvalue weighted by atomic mass is 35.5. The highest BCUT2D eigenvalue weighted by Gasteiger charge is 2.37. The Morgan fingerprint density at radius 3 is 2.38 bits per heavy atom. The Morgan fingerprint density at radius 2 is 1.81 bits per heavy atom. The van der Waals surface area contributed by atoms with E-state index in [0.717, 1.165) is 11.8 Å². The largest absolute Gasteiger partial charge is 0.459 e. The lowest BCUT2D eigenvalue weighted by Gasteiger charge is -2.26. The van der Waals surface area contributed by atoms with E-state index >= 15 is 0 Å². The number of hydrogen-bond acceptors (Lipinski definition) is 9.